The molecule has 2 aromatic rings. The number of nitrogens with zero attached hydrogens (tertiary/aromatic N) is 3. The van der Waals surface area contributed by atoms with Crippen molar-refractivity contribution in [3.05, 3.63) is 27.6 Å². The van der Waals surface area contributed by atoms with Gasteiger partial charge in [-0.3, -0.25) is 0 Å². The van der Waals surface area contributed by atoms with Crippen LogP contribution in [0.5, 0.6) is 6.01 Å². The molecule has 1 aliphatic heterocycles. The molecular weight excluding hydrogens is 361 g/mol. The third-order valence-corrected chi connectivity index (χ3v) is 5.07. The Balaban J connectivity index is 1.83. The number of likely N-dealkylation sites (N-methyl/N-ethyl adjacent to an activating group) is 1. The minimum Gasteiger partial charge on any atom is -0.462 e. The van der Waals surface area contributed by atoms with E-state index >= 15 is 0 Å². The van der Waals surface area contributed by atoms with Gasteiger partial charge < -0.3 is 9.64 Å². The van der Waals surface area contributed by atoms with E-state index in [1.54, 1.807) is 6.07 Å². The van der Waals surface area contributed by atoms with Crippen molar-refractivity contribution in [2.45, 2.75) is 18.9 Å². The van der Waals surface area contributed by atoms with E-state index in [9.17, 15) is 4.39 Å². The number of hydrogen-bond acceptors (Lipinski definition) is 4. The maximum absolute atomic E-state index is 14.2. The van der Waals surface area contributed by atoms with Gasteiger partial charge in [0.15, 0.2) is 5.82 Å². The molecule has 0 aliphatic carbocycles. The van der Waals surface area contributed by atoms with Gasteiger partial charge in [0, 0.05) is 17.6 Å². The average Bonchev–Trinajstić information content (AvgIpc) is 2.88. The van der Waals surface area contributed by atoms with Crippen molar-refractivity contribution in [2.24, 2.45) is 0 Å². The normalized spacial score (nSPS) is 19.3. The molecule has 1 aromatic carbocycles. The van der Waals surface area contributed by atoms with Crippen LogP contribution in [0.15, 0.2) is 16.7 Å². The van der Waals surface area contributed by atoms with E-state index in [0.717, 1.165) is 13.0 Å². The van der Waals surface area contributed by atoms with Gasteiger partial charge in [0.1, 0.15) is 12.1 Å². The molecule has 1 fully saturated rings. The molecule has 0 spiro atoms. The largest absolute Gasteiger partial charge is 0.462 e. The Hall–Kier alpha value is -0.980. The van der Waals surface area contributed by atoms with E-state index < -0.39 is 5.82 Å². The maximum Gasteiger partial charge on any atom is 0.317 e. The molecule has 21 heavy (non-hydrogen) atoms. The van der Waals surface area contributed by atoms with Gasteiger partial charge in [0.25, 0.3) is 0 Å². The summed E-state index contributed by atoms with van der Waals surface area (Å²) in [6, 6.07) is 2.18. The minimum atomic E-state index is -0.497. The van der Waals surface area contributed by atoms with E-state index in [4.69, 9.17) is 16.3 Å². The summed E-state index contributed by atoms with van der Waals surface area (Å²) >= 11 is 9.03. The van der Waals surface area contributed by atoms with Gasteiger partial charge in [0.2, 0.25) is 0 Å². The van der Waals surface area contributed by atoms with E-state index in [2.05, 4.69) is 37.8 Å². The van der Waals surface area contributed by atoms with Crippen molar-refractivity contribution in [1.82, 2.24) is 14.9 Å². The van der Waals surface area contributed by atoms with Crippen molar-refractivity contribution >= 4 is 38.4 Å². The second kappa shape index (κ2) is 6.02. The SMILES string of the molecule is CN1CCC[C@@H]1COc1ncc2cc(Cl)c(Br)c(F)c2n1. The molecule has 0 saturated carbocycles. The van der Waals surface area contributed by atoms with E-state index in [1.165, 1.54) is 12.6 Å². The molecular formula is C14H14BrClFN3O. The van der Waals surface area contributed by atoms with E-state index in [-0.39, 0.29) is 16.0 Å². The lowest BCUT2D eigenvalue weighted by Crippen LogP contribution is -2.30. The van der Waals surface area contributed by atoms with Crippen LogP contribution in [0.25, 0.3) is 10.9 Å². The predicted molar refractivity (Wildman–Crippen MR) is 83.4 cm³/mol. The first-order valence-electron chi connectivity index (χ1n) is 6.69. The Morgan fingerprint density at radius 3 is 3.10 bits per heavy atom. The summed E-state index contributed by atoms with van der Waals surface area (Å²) in [4.78, 5) is 10.5. The number of likely N-dealkylation sites (tertiary alicyclic amines) is 1. The van der Waals surface area contributed by atoms with Crippen LogP contribution in [-0.2, 0) is 0 Å². The molecule has 112 valence electrons. The molecule has 0 unspecified atom stereocenters. The fourth-order valence-corrected chi connectivity index (χ4v) is 3.00. The van der Waals surface area contributed by atoms with Crippen molar-refractivity contribution in [3.63, 3.8) is 0 Å². The minimum absolute atomic E-state index is 0.191. The van der Waals surface area contributed by atoms with E-state index in [0.29, 0.717) is 23.1 Å². The monoisotopic (exact) mass is 373 g/mol. The van der Waals surface area contributed by atoms with Crippen molar-refractivity contribution in [1.29, 1.82) is 0 Å². The molecule has 0 N–H and O–H groups in total. The van der Waals surface area contributed by atoms with Gasteiger partial charge in [-0.2, -0.15) is 4.98 Å². The van der Waals surface area contributed by atoms with Crippen LogP contribution in [0.4, 0.5) is 4.39 Å². The highest BCUT2D eigenvalue weighted by Crippen LogP contribution is 2.31. The Morgan fingerprint density at radius 2 is 2.38 bits per heavy atom. The van der Waals surface area contributed by atoms with Gasteiger partial charge in [-0.25, -0.2) is 9.37 Å². The summed E-state index contributed by atoms with van der Waals surface area (Å²) in [5.74, 6) is -0.497. The molecule has 2 heterocycles. The van der Waals surface area contributed by atoms with Crippen LogP contribution in [0.3, 0.4) is 0 Å². The zero-order chi connectivity index (χ0) is 15.0. The zero-order valence-electron chi connectivity index (χ0n) is 11.4. The molecule has 1 saturated heterocycles. The summed E-state index contributed by atoms with van der Waals surface area (Å²) in [5, 5.41) is 0.843. The number of aromatic nitrogens is 2. The molecule has 1 aliphatic rings. The van der Waals surface area contributed by atoms with Crippen LogP contribution in [0, 0.1) is 5.82 Å². The highest BCUT2D eigenvalue weighted by Gasteiger charge is 2.22. The lowest BCUT2D eigenvalue weighted by Gasteiger charge is -2.18. The number of fused-ring (bicyclic) bond motifs is 1. The quantitative estimate of drug-likeness (QED) is 0.769. The molecule has 3 rings (SSSR count). The molecule has 1 atom stereocenters. The first kappa shape index (κ1) is 14.9. The lowest BCUT2D eigenvalue weighted by atomic mass is 10.2. The van der Waals surface area contributed by atoms with Crippen molar-refractivity contribution in [2.75, 3.05) is 20.2 Å². The van der Waals surface area contributed by atoms with Gasteiger partial charge in [0.05, 0.1) is 9.50 Å². The molecule has 0 bridgehead atoms. The molecule has 0 radical (unpaired) electrons. The number of rotatable bonds is 3. The highest BCUT2D eigenvalue weighted by atomic mass is 79.9. The van der Waals surface area contributed by atoms with Crippen LogP contribution < -0.4 is 4.74 Å². The third kappa shape index (κ3) is 2.98. The smallest absolute Gasteiger partial charge is 0.317 e. The second-order valence-corrected chi connectivity index (χ2v) is 6.36. The fourth-order valence-electron chi connectivity index (χ4n) is 2.50. The number of benzene rings is 1. The van der Waals surface area contributed by atoms with Crippen molar-refractivity contribution < 1.29 is 9.13 Å². The lowest BCUT2D eigenvalue weighted by molar-refractivity contribution is 0.188. The Morgan fingerprint density at radius 1 is 1.57 bits per heavy atom. The first-order chi connectivity index (χ1) is 10.1. The fraction of sp³-hybridized carbons (Fsp3) is 0.429. The average molecular weight is 375 g/mol. The van der Waals surface area contributed by atoms with Gasteiger partial charge in [-0.15, -0.1) is 0 Å². The standard InChI is InChI=1S/C14H14BrClFN3O/c1-20-4-2-3-9(20)7-21-14-18-6-8-5-10(16)11(15)12(17)13(8)19-14/h5-6,9H,2-4,7H2,1H3/t9-/m1/s1. The summed E-state index contributed by atoms with van der Waals surface area (Å²) in [5.41, 5.74) is 0.205. The van der Waals surface area contributed by atoms with Crippen LogP contribution >= 0.6 is 27.5 Å². The number of halogens is 3. The molecule has 7 heteroatoms. The summed E-state index contributed by atoms with van der Waals surface area (Å²) in [7, 11) is 2.07. The Kier molecular flexibility index (Phi) is 4.28. The van der Waals surface area contributed by atoms with Crippen LogP contribution in [0.1, 0.15) is 12.8 Å². The van der Waals surface area contributed by atoms with Crippen molar-refractivity contribution in [3.8, 4) is 6.01 Å². The third-order valence-electron chi connectivity index (χ3n) is 3.76. The summed E-state index contributed by atoms with van der Waals surface area (Å²) < 4.78 is 20.0. The zero-order valence-corrected chi connectivity index (χ0v) is 13.8. The summed E-state index contributed by atoms with van der Waals surface area (Å²) in [6.45, 7) is 1.59. The van der Waals surface area contributed by atoms with Gasteiger partial charge >= 0.3 is 6.01 Å². The molecule has 0 amide bonds. The Labute approximate surface area is 135 Å². The molecule has 4 nitrogen and oxygen atoms in total. The van der Waals surface area contributed by atoms with Gasteiger partial charge in [-0.05, 0) is 48.4 Å². The van der Waals surface area contributed by atoms with Crippen LogP contribution in [0.2, 0.25) is 5.02 Å². The van der Waals surface area contributed by atoms with E-state index in [1.807, 2.05) is 0 Å². The second-order valence-electron chi connectivity index (χ2n) is 5.16. The predicted octanol–water partition coefficient (Wildman–Crippen LogP) is 3.66. The maximum atomic E-state index is 14.2. The van der Waals surface area contributed by atoms with Gasteiger partial charge in [-0.1, -0.05) is 11.6 Å². The number of ether oxygens (including phenoxy) is 1. The molecule has 1 aromatic heterocycles. The number of hydrogen-bond donors (Lipinski definition) is 0. The first-order valence-corrected chi connectivity index (χ1v) is 7.86. The highest BCUT2D eigenvalue weighted by molar-refractivity contribution is 9.10. The van der Waals surface area contributed by atoms with Crippen LogP contribution in [-0.4, -0.2) is 41.1 Å². The summed E-state index contributed by atoms with van der Waals surface area (Å²) in [6.07, 6.45) is 3.79. The Bertz CT molecular complexity index is 685. The topological polar surface area (TPSA) is 38.2 Å².